The Morgan fingerprint density at radius 1 is 1.37 bits per heavy atom. The Kier molecular flexibility index (Phi) is 3.07. The van der Waals surface area contributed by atoms with E-state index >= 15 is 0 Å². The van der Waals surface area contributed by atoms with E-state index in [1.165, 1.54) is 0 Å². The highest BCUT2D eigenvalue weighted by Crippen LogP contribution is 2.22. The molecule has 19 heavy (non-hydrogen) atoms. The van der Waals surface area contributed by atoms with Crippen molar-refractivity contribution >= 4 is 5.65 Å². The van der Waals surface area contributed by atoms with Crippen molar-refractivity contribution in [1.82, 2.24) is 24.9 Å². The van der Waals surface area contributed by atoms with Crippen LogP contribution in [0.3, 0.4) is 0 Å². The van der Waals surface area contributed by atoms with Crippen LogP contribution in [0.4, 0.5) is 0 Å². The van der Waals surface area contributed by atoms with Gasteiger partial charge in [-0.15, -0.1) is 10.2 Å². The van der Waals surface area contributed by atoms with Crippen molar-refractivity contribution < 1.29 is 4.74 Å². The third-order valence-electron chi connectivity index (χ3n) is 2.68. The van der Waals surface area contributed by atoms with E-state index < -0.39 is 0 Å². The standard InChI is InChI=1S/C13H13N5O/c1-14-8-10-3-2-4-11(7-10)19-13-12-17-16-9-18(12)6-5-15-13/h2-7,9,14H,8H2,1H3. The first kappa shape index (κ1) is 11.6. The van der Waals surface area contributed by atoms with Crippen LogP contribution >= 0.6 is 0 Å². The topological polar surface area (TPSA) is 64.3 Å². The average molecular weight is 255 g/mol. The molecule has 0 saturated carbocycles. The number of aromatic nitrogens is 4. The summed E-state index contributed by atoms with van der Waals surface area (Å²) < 4.78 is 7.54. The van der Waals surface area contributed by atoms with Crippen LogP contribution in [0, 0.1) is 0 Å². The van der Waals surface area contributed by atoms with Gasteiger partial charge in [0.05, 0.1) is 0 Å². The molecule has 96 valence electrons. The van der Waals surface area contributed by atoms with Crippen LogP contribution in [0.25, 0.3) is 5.65 Å². The molecule has 3 rings (SSSR count). The molecule has 0 radical (unpaired) electrons. The maximum Gasteiger partial charge on any atom is 0.265 e. The zero-order valence-electron chi connectivity index (χ0n) is 10.4. The molecule has 0 fully saturated rings. The first-order valence-electron chi connectivity index (χ1n) is 5.92. The monoisotopic (exact) mass is 255 g/mol. The number of rotatable bonds is 4. The molecule has 2 heterocycles. The number of fused-ring (bicyclic) bond motifs is 1. The van der Waals surface area contributed by atoms with Crippen LogP contribution in [-0.2, 0) is 6.54 Å². The van der Waals surface area contributed by atoms with Gasteiger partial charge in [0.25, 0.3) is 5.88 Å². The summed E-state index contributed by atoms with van der Waals surface area (Å²) >= 11 is 0. The van der Waals surface area contributed by atoms with E-state index in [4.69, 9.17) is 4.74 Å². The Labute approximate surface area is 110 Å². The predicted molar refractivity (Wildman–Crippen MR) is 70.1 cm³/mol. The molecular formula is C13H13N5O. The Balaban J connectivity index is 1.92. The summed E-state index contributed by atoms with van der Waals surface area (Å²) in [6.07, 6.45) is 5.05. The molecule has 0 aliphatic carbocycles. The largest absolute Gasteiger partial charge is 0.436 e. The zero-order chi connectivity index (χ0) is 13.1. The summed E-state index contributed by atoms with van der Waals surface area (Å²) in [5.41, 5.74) is 1.75. The highest BCUT2D eigenvalue weighted by Gasteiger charge is 2.07. The zero-order valence-corrected chi connectivity index (χ0v) is 10.4. The van der Waals surface area contributed by atoms with E-state index in [2.05, 4.69) is 20.5 Å². The Morgan fingerprint density at radius 2 is 2.32 bits per heavy atom. The summed E-state index contributed by atoms with van der Waals surface area (Å²) in [5.74, 6) is 1.18. The van der Waals surface area contributed by atoms with E-state index in [1.54, 1.807) is 23.1 Å². The number of nitrogens with zero attached hydrogens (tertiary/aromatic N) is 4. The van der Waals surface area contributed by atoms with Gasteiger partial charge in [0.15, 0.2) is 0 Å². The molecule has 2 aromatic heterocycles. The first-order valence-corrected chi connectivity index (χ1v) is 5.92. The number of benzene rings is 1. The number of ether oxygens (including phenoxy) is 1. The average Bonchev–Trinajstić information content (AvgIpc) is 2.89. The lowest BCUT2D eigenvalue weighted by atomic mass is 10.2. The lowest BCUT2D eigenvalue weighted by molar-refractivity contribution is 0.464. The summed E-state index contributed by atoms with van der Waals surface area (Å²) in [6.45, 7) is 0.791. The minimum Gasteiger partial charge on any atom is -0.436 e. The van der Waals surface area contributed by atoms with E-state index in [0.717, 1.165) is 17.9 Å². The van der Waals surface area contributed by atoms with Crippen molar-refractivity contribution in [2.45, 2.75) is 6.54 Å². The summed E-state index contributed by atoms with van der Waals surface area (Å²) in [7, 11) is 1.91. The van der Waals surface area contributed by atoms with E-state index in [0.29, 0.717) is 11.5 Å². The molecule has 1 N–H and O–H groups in total. The van der Waals surface area contributed by atoms with Crippen LogP contribution in [0.5, 0.6) is 11.6 Å². The first-order chi connectivity index (χ1) is 9.36. The van der Waals surface area contributed by atoms with Crippen molar-refractivity contribution in [1.29, 1.82) is 0 Å². The van der Waals surface area contributed by atoms with Gasteiger partial charge in [0.1, 0.15) is 12.1 Å². The second kappa shape index (κ2) is 5.03. The van der Waals surface area contributed by atoms with Crippen LogP contribution < -0.4 is 10.1 Å². The quantitative estimate of drug-likeness (QED) is 0.767. The fourth-order valence-electron chi connectivity index (χ4n) is 1.84. The molecule has 0 aliphatic rings. The van der Waals surface area contributed by atoms with Gasteiger partial charge >= 0.3 is 0 Å². The summed E-state index contributed by atoms with van der Waals surface area (Å²) in [5, 5.41) is 10.9. The highest BCUT2D eigenvalue weighted by atomic mass is 16.5. The molecule has 0 amide bonds. The third-order valence-corrected chi connectivity index (χ3v) is 2.68. The van der Waals surface area contributed by atoms with Gasteiger partial charge in [0, 0.05) is 18.9 Å². The van der Waals surface area contributed by atoms with Crippen molar-refractivity contribution in [2.75, 3.05) is 7.05 Å². The van der Waals surface area contributed by atoms with Crippen LogP contribution in [0.1, 0.15) is 5.56 Å². The van der Waals surface area contributed by atoms with Gasteiger partial charge in [-0.25, -0.2) is 4.98 Å². The molecule has 0 atom stereocenters. The van der Waals surface area contributed by atoms with Gasteiger partial charge in [-0.2, -0.15) is 0 Å². The molecule has 0 unspecified atom stereocenters. The predicted octanol–water partition coefficient (Wildman–Crippen LogP) is 1.64. The highest BCUT2D eigenvalue weighted by molar-refractivity contribution is 5.49. The van der Waals surface area contributed by atoms with E-state index in [9.17, 15) is 0 Å². The van der Waals surface area contributed by atoms with Gasteiger partial charge in [0.2, 0.25) is 5.65 Å². The molecule has 3 aromatic rings. The Bertz CT molecular complexity index is 694. The Hall–Kier alpha value is -2.47. The van der Waals surface area contributed by atoms with Crippen molar-refractivity contribution in [3.05, 3.63) is 48.5 Å². The smallest absolute Gasteiger partial charge is 0.265 e. The molecule has 0 bridgehead atoms. The second-order valence-electron chi connectivity index (χ2n) is 4.07. The van der Waals surface area contributed by atoms with Crippen LogP contribution in [0.15, 0.2) is 43.0 Å². The SMILES string of the molecule is CNCc1cccc(Oc2nccn3cnnc23)c1. The molecule has 0 aliphatic heterocycles. The summed E-state index contributed by atoms with van der Waals surface area (Å²) in [4.78, 5) is 4.19. The fourth-order valence-corrected chi connectivity index (χ4v) is 1.84. The molecule has 0 spiro atoms. The fraction of sp³-hybridized carbons (Fsp3) is 0.154. The van der Waals surface area contributed by atoms with Gasteiger partial charge < -0.3 is 10.1 Å². The molecular weight excluding hydrogens is 242 g/mol. The molecule has 1 aromatic carbocycles. The number of hydrogen-bond donors (Lipinski definition) is 1. The van der Waals surface area contributed by atoms with Crippen molar-refractivity contribution in [3.8, 4) is 11.6 Å². The minimum absolute atomic E-state index is 0.446. The normalized spacial score (nSPS) is 10.8. The number of hydrogen-bond acceptors (Lipinski definition) is 5. The van der Waals surface area contributed by atoms with Gasteiger partial charge in [-0.3, -0.25) is 4.40 Å². The lowest BCUT2D eigenvalue weighted by Gasteiger charge is -2.07. The molecule has 6 nitrogen and oxygen atoms in total. The second-order valence-corrected chi connectivity index (χ2v) is 4.07. The van der Waals surface area contributed by atoms with E-state index in [-0.39, 0.29) is 0 Å². The Morgan fingerprint density at radius 3 is 3.21 bits per heavy atom. The van der Waals surface area contributed by atoms with Crippen molar-refractivity contribution in [3.63, 3.8) is 0 Å². The van der Waals surface area contributed by atoms with Crippen LogP contribution in [-0.4, -0.2) is 26.6 Å². The van der Waals surface area contributed by atoms with E-state index in [1.807, 2.05) is 31.3 Å². The third kappa shape index (κ3) is 2.38. The molecule has 0 saturated heterocycles. The maximum absolute atomic E-state index is 5.77. The number of nitrogens with one attached hydrogen (secondary N) is 1. The van der Waals surface area contributed by atoms with Gasteiger partial charge in [-0.05, 0) is 24.7 Å². The van der Waals surface area contributed by atoms with Crippen molar-refractivity contribution in [2.24, 2.45) is 0 Å². The summed E-state index contributed by atoms with van der Waals surface area (Å²) in [6, 6.07) is 7.85. The molecule has 6 heteroatoms. The minimum atomic E-state index is 0.446. The lowest BCUT2D eigenvalue weighted by Crippen LogP contribution is -2.04. The maximum atomic E-state index is 5.77. The van der Waals surface area contributed by atoms with Gasteiger partial charge in [-0.1, -0.05) is 12.1 Å². The van der Waals surface area contributed by atoms with Crippen LogP contribution in [0.2, 0.25) is 0 Å².